The number of nitrogens with zero attached hydrogens (tertiary/aromatic N) is 1. The first-order chi connectivity index (χ1) is 16.2. The summed E-state index contributed by atoms with van der Waals surface area (Å²) in [5.41, 5.74) is -0.0231. The van der Waals surface area contributed by atoms with Crippen LogP contribution in [-0.2, 0) is 32.2 Å². The van der Waals surface area contributed by atoms with E-state index in [1.807, 2.05) is 0 Å². The number of nitrogens with one attached hydrogen (secondary N) is 2. The summed E-state index contributed by atoms with van der Waals surface area (Å²) in [4.78, 5) is 11.1. The first kappa shape index (κ1) is 28.1. The molecule has 2 bridgehead atoms. The molecular formula is C23H34F3N3O4S2. The number of benzene rings is 1. The van der Waals surface area contributed by atoms with Gasteiger partial charge in [0.15, 0.2) is 11.6 Å². The van der Waals surface area contributed by atoms with Crippen molar-refractivity contribution in [1.82, 2.24) is 14.3 Å². The molecule has 2 heterocycles. The summed E-state index contributed by atoms with van der Waals surface area (Å²) < 4.78 is 84.7. The van der Waals surface area contributed by atoms with Gasteiger partial charge in [0.2, 0.25) is 15.9 Å². The molecule has 2 aliphatic heterocycles. The van der Waals surface area contributed by atoms with Gasteiger partial charge in [0, 0.05) is 37.7 Å². The number of piperidine rings is 1. The molecule has 2 saturated heterocycles. The fourth-order valence-corrected chi connectivity index (χ4v) is 7.76. The number of sulfonamides is 1. The highest BCUT2D eigenvalue weighted by Gasteiger charge is 2.48. The zero-order valence-corrected chi connectivity index (χ0v) is 22.1. The van der Waals surface area contributed by atoms with Crippen LogP contribution in [0.15, 0.2) is 12.1 Å². The van der Waals surface area contributed by atoms with E-state index >= 15 is 0 Å². The minimum Gasteiger partial charge on any atom is -0.355 e. The monoisotopic (exact) mass is 537 g/mol. The van der Waals surface area contributed by atoms with Crippen LogP contribution in [0.3, 0.4) is 0 Å². The van der Waals surface area contributed by atoms with Crippen LogP contribution in [0.4, 0.5) is 13.2 Å². The highest BCUT2D eigenvalue weighted by atomic mass is 32.2. The molecule has 2 fully saturated rings. The first-order valence-corrected chi connectivity index (χ1v) is 14.5. The van der Waals surface area contributed by atoms with Gasteiger partial charge in [-0.3, -0.25) is 4.79 Å². The molecule has 35 heavy (non-hydrogen) atoms. The van der Waals surface area contributed by atoms with Gasteiger partial charge >= 0.3 is 0 Å². The van der Waals surface area contributed by atoms with E-state index in [0.717, 1.165) is 6.07 Å². The normalized spacial score (nSPS) is 24.8. The standard InChI is InChI=1S/C23H34F3N3O4S2/c1-14(30)27-7-8-35(32,33)29-17-5-6-18(29)10-16(9-17)22(28-34(31)23(2,3)4)12-15-11-20(25)21(26)13-19(15)24/h11,13,16-18,22,28H,5-10,12H2,1-4H3,(H,27,30)/t16?,17-,18+,22-,34-/m0/s1. The number of carbonyl (C=O) groups excluding carboxylic acids is 1. The van der Waals surface area contributed by atoms with E-state index in [2.05, 4.69) is 10.0 Å². The molecule has 0 saturated carbocycles. The SMILES string of the molecule is CC(=O)NCCS(=O)(=O)N1[C@@H]2CC[C@H]1CC([C@H](Cc1cc(F)c(F)cc1F)N[S@@](=O)C(C)(C)C)C2. The molecule has 3 rings (SSSR count). The predicted octanol–water partition coefficient (Wildman–Crippen LogP) is 2.78. The molecule has 2 N–H and O–H groups in total. The molecule has 0 aliphatic carbocycles. The Morgan fingerprint density at radius 1 is 1.11 bits per heavy atom. The van der Waals surface area contributed by atoms with Crippen molar-refractivity contribution in [3.8, 4) is 0 Å². The van der Waals surface area contributed by atoms with Crippen molar-refractivity contribution in [3.05, 3.63) is 35.1 Å². The largest absolute Gasteiger partial charge is 0.355 e. The third-order valence-corrected chi connectivity index (χ3v) is 10.3. The third-order valence-electron chi connectivity index (χ3n) is 6.67. The van der Waals surface area contributed by atoms with Gasteiger partial charge in [-0.2, -0.15) is 4.31 Å². The molecule has 2 aliphatic rings. The van der Waals surface area contributed by atoms with Gasteiger partial charge in [0.25, 0.3) is 0 Å². The lowest BCUT2D eigenvalue weighted by Crippen LogP contribution is -2.53. The third kappa shape index (κ3) is 6.84. The number of carbonyl (C=O) groups is 1. The van der Waals surface area contributed by atoms with E-state index < -0.39 is 49.2 Å². The molecular weight excluding hydrogens is 503 g/mol. The molecule has 12 heteroatoms. The van der Waals surface area contributed by atoms with Crippen LogP contribution < -0.4 is 10.0 Å². The van der Waals surface area contributed by atoms with Crippen LogP contribution in [0.5, 0.6) is 0 Å². The smallest absolute Gasteiger partial charge is 0.216 e. The van der Waals surface area contributed by atoms with E-state index in [-0.39, 0.29) is 48.2 Å². The van der Waals surface area contributed by atoms with E-state index in [1.54, 1.807) is 25.1 Å². The maximum Gasteiger partial charge on any atom is 0.216 e. The van der Waals surface area contributed by atoms with Crippen molar-refractivity contribution < 1.29 is 30.6 Å². The summed E-state index contributed by atoms with van der Waals surface area (Å²) in [6.07, 6.45) is 2.29. The lowest BCUT2D eigenvalue weighted by Gasteiger charge is -2.41. The van der Waals surface area contributed by atoms with Crippen LogP contribution in [0.1, 0.15) is 58.9 Å². The van der Waals surface area contributed by atoms with E-state index in [0.29, 0.717) is 31.7 Å². The quantitative estimate of drug-likeness (QED) is 0.474. The predicted molar refractivity (Wildman–Crippen MR) is 129 cm³/mol. The highest BCUT2D eigenvalue weighted by molar-refractivity contribution is 7.89. The molecule has 0 radical (unpaired) electrons. The first-order valence-electron chi connectivity index (χ1n) is 11.8. The topological polar surface area (TPSA) is 95.6 Å². The number of halogens is 3. The van der Waals surface area contributed by atoms with Crippen LogP contribution >= 0.6 is 0 Å². The maximum atomic E-state index is 14.5. The van der Waals surface area contributed by atoms with E-state index in [9.17, 15) is 30.6 Å². The summed E-state index contributed by atoms with van der Waals surface area (Å²) in [7, 11) is -5.11. The molecule has 7 nitrogen and oxygen atoms in total. The van der Waals surface area contributed by atoms with E-state index in [4.69, 9.17) is 0 Å². The molecule has 1 aromatic rings. The molecule has 1 amide bonds. The zero-order chi connectivity index (χ0) is 26.1. The van der Waals surface area contributed by atoms with Gasteiger partial charge in [-0.05, 0) is 70.4 Å². The van der Waals surface area contributed by atoms with Gasteiger partial charge < -0.3 is 5.32 Å². The van der Waals surface area contributed by atoms with Gasteiger partial charge in [-0.15, -0.1) is 0 Å². The average molecular weight is 538 g/mol. The van der Waals surface area contributed by atoms with Gasteiger partial charge in [-0.25, -0.2) is 30.5 Å². The average Bonchev–Trinajstić information content (AvgIpc) is 3.01. The lowest BCUT2D eigenvalue weighted by atomic mass is 9.83. The second-order valence-electron chi connectivity index (χ2n) is 10.4. The fourth-order valence-electron chi connectivity index (χ4n) is 5.00. The van der Waals surface area contributed by atoms with Gasteiger partial charge in [-0.1, -0.05) is 0 Å². The Morgan fingerprint density at radius 2 is 1.69 bits per heavy atom. The van der Waals surface area contributed by atoms with Crippen molar-refractivity contribution >= 4 is 26.9 Å². The number of amides is 1. The van der Waals surface area contributed by atoms with Crippen LogP contribution in [0.25, 0.3) is 0 Å². The lowest BCUT2D eigenvalue weighted by molar-refractivity contribution is -0.118. The molecule has 0 spiro atoms. The Kier molecular flexibility index (Phi) is 8.71. The van der Waals surface area contributed by atoms with Crippen molar-refractivity contribution in [2.24, 2.45) is 5.92 Å². The second kappa shape index (κ2) is 10.9. The minimum atomic E-state index is -3.60. The summed E-state index contributed by atoms with van der Waals surface area (Å²) in [5, 5.41) is 2.51. The van der Waals surface area contributed by atoms with Crippen molar-refractivity contribution in [1.29, 1.82) is 0 Å². The van der Waals surface area contributed by atoms with Gasteiger partial charge in [0.05, 0.1) is 21.5 Å². The number of hydrogen-bond donors (Lipinski definition) is 2. The number of rotatable bonds is 9. The molecule has 0 aromatic heterocycles. The second-order valence-corrected chi connectivity index (χ2v) is 14.4. The Morgan fingerprint density at radius 3 is 2.23 bits per heavy atom. The van der Waals surface area contributed by atoms with Crippen LogP contribution in [0, 0.1) is 23.4 Å². The Balaban J connectivity index is 1.81. The van der Waals surface area contributed by atoms with Crippen molar-refractivity contribution in [3.63, 3.8) is 0 Å². The minimum absolute atomic E-state index is 0.00968. The molecule has 198 valence electrons. The summed E-state index contributed by atoms with van der Waals surface area (Å²) >= 11 is 0. The number of fused-ring (bicyclic) bond motifs is 2. The Labute approximate surface area is 207 Å². The Hall–Kier alpha value is -1.50. The van der Waals surface area contributed by atoms with Crippen molar-refractivity contribution in [2.45, 2.75) is 82.7 Å². The van der Waals surface area contributed by atoms with Crippen LogP contribution in [0.2, 0.25) is 0 Å². The molecule has 1 unspecified atom stereocenters. The Bertz CT molecular complexity index is 1060. The van der Waals surface area contributed by atoms with Crippen molar-refractivity contribution in [2.75, 3.05) is 12.3 Å². The molecule has 1 aromatic carbocycles. The highest BCUT2D eigenvalue weighted by Crippen LogP contribution is 2.42. The maximum absolute atomic E-state index is 14.5. The fraction of sp³-hybridized carbons (Fsp3) is 0.696. The summed E-state index contributed by atoms with van der Waals surface area (Å²) in [6.45, 7) is 6.73. The van der Waals surface area contributed by atoms with Gasteiger partial charge in [0.1, 0.15) is 5.82 Å². The van der Waals surface area contributed by atoms with E-state index in [1.165, 1.54) is 6.92 Å². The molecule has 5 atom stereocenters. The summed E-state index contributed by atoms with van der Waals surface area (Å²) in [6, 6.07) is 0.291. The summed E-state index contributed by atoms with van der Waals surface area (Å²) in [5.74, 6) is -3.94. The number of hydrogen-bond acceptors (Lipinski definition) is 4. The zero-order valence-electron chi connectivity index (χ0n) is 20.4. The van der Waals surface area contributed by atoms with Crippen LogP contribution in [-0.4, -0.2) is 58.0 Å².